The van der Waals surface area contributed by atoms with Crippen molar-refractivity contribution in [2.75, 3.05) is 26.2 Å². The second kappa shape index (κ2) is 5.70. The molecule has 2 amide bonds. The van der Waals surface area contributed by atoms with Crippen molar-refractivity contribution in [3.05, 3.63) is 18.0 Å². The fraction of sp³-hybridized carbons (Fsp3) is 0.667. The number of piperidine rings is 1. The topological polar surface area (TPSA) is 58.4 Å². The van der Waals surface area contributed by atoms with Gasteiger partial charge < -0.3 is 9.80 Å². The molecule has 0 unspecified atom stereocenters. The van der Waals surface area contributed by atoms with Crippen molar-refractivity contribution in [2.45, 2.75) is 31.4 Å². The lowest BCUT2D eigenvalue weighted by Crippen LogP contribution is -2.52. The molecule has 2 aliphatic rings. The van der Waals surface area contributed by atoms with Gasteiger partial charge in [0.25, 0.3) is 11.8 Å². The molecule has 0 saturated carbocycles. The van der Waals surface area contributed by atoms with E-state index in [4.69, 9.17) is 0 Å². The number of halogens is 1. The summed E-state index contributed by atoms with van der Waals surface area (Å²) < 4.78 is 16.5. The Bertz CT molecular complexity index is 572. The molecule has 120 valence electrons. The minimum Gasteiger partial charge on any atom is -0.340 e. The van der Waals surface area contributed by atoms with Crippen LogP contribution in [0.25, 0.3) is 0 Å². The van der Waals surface area contributed by atoms with Gasteiger partial charge in [0.2, 0.25) is 0 Å². The molecule has 1 aromatic heterocycles. The molecule has 0 aliphatic carbocycles. The van der Waals surface area contributed by atoms with Gasteiger partial charge in [-0.1, -0.05) is 0 Å². The molecule has 2 aliphatic heterocycles. The molecule has 1 aromatic rings. The van der Waals surface area contributed by atoms with Crippen LogP contribution >= 0.6 is 0 Å². The van der Waals surface area contributed by atoms with Crippen LogP contribution in [0.5, 0.6) is 0 Å². The average Bonchev–Trinajstić information content (AvgIpc) is 3.18. The molecule has 0 spiro atoms. The monoisotopic (exact) mass is 308 g/mol. The van der Waals surface area contributed by atoms with Crippen LogP contribution in [0.2, 0.25) is 0 Å². The van der Waals surface area contributed by atoms with Gasteiger partial charge in [-0.15, -0.1) is 0 Å². The summed E-state index contributed by atoms with van der Waals surface area (Å²) in [4.78, 5) is 27.8. The van der Waals surface area contributed by atoms with Gasteiger partial charge in [0.15, 0.2) is 5.67 Å². The summed E-state index contributed by atoms with van der Waals surface area (Å²) in [5.74, 6) is -0.540. The maximum atomic E-state index is 14.9. The second-order valence-electron chi connectivity index (χ2n) is 6.16. The van der Waals surface area contributed by atoms with Crippen LogP contribution < -0.4 is 0 Å². The summed E-state index contributed by atoms with van der Waals surface area (Å²) >= 11 is 0. The molecule has 22 heavy (non-hydrogen) atoms. The molecule has 6 nitrogen and oxygen atoms in total. The van der Waals surface area contributed by atoms with Crippen molar-refractivity contribution in [3.8, 4) is 0 Å². The number of aryl methyl sites for hydroxylation is 1. The summed E-state index contributed by atoms with van der Waals surface area (Å²) in [6.07, 6.45) is 5.22. The molecule has 0 bridgehead atoms. The third-order valence-corrected chi connectivity index (χ3v) is 4.57. The Labute approximate surface area is 128 Å². The van der Waals surface area contributed by atoms with Gasteiger partial charge in [0.05, 0.1) is 11.8 Å². The first-order valence-electron chi connectivity index (χ1n) is 7.76. The zero-order chi connectivity index (χ0) is 15.7. The fourth-order valence-electron chi connectivity index (χ4n) is 3.20. The van der Waals surface area contributed by atoms with Gasteiger partial charge in [0.1, 0.15) is 0 Å². The first-order valence-corrected chi connectivity index (χ1v) is 7.76. The summed E-state index contributed by atoms with van der Waals surface area (Å²) in [6.45, 7) is 1.85. The Balaban J connectivity index is 1.61. The first-order chi connectivity index (χ1) is 10.5. The standard InChI is InChI=1S/C15H21FN4O2/c1-18-11-12(10-17-18)13(21)19-8-4-15(16,5-9-19)14(22)20-6-2-3-7-20/h10-11H,2-9H2,1H3. The number of hydrogen-bond donors (Lipinski definition) is 0. The van der Waals surface area contributed by atoms with Crippen LogP contribution in [-0.2, 0) is 11.8 Å². The summed E-state index contributed by atoms with van der Waals surface area (Å²) in [5.41, 5.74) is -1.31. The Morgan fingerprint density at radius 2 is 1.77 bits per heavy atom. The molecule has 3 rings (SSSR count). The van der Waals surface area contributed by atoms with E-state index in [2.05, 4.69) is 5.10 Å². The van der Waals surface area contributed by atoms with Crippen molar-refractivity contribution in [1.29, 1.82) is 0 Å². The van der Waals surface area contributed by atoms with E-state index in [0.717, 1.165) is 12.8 Å². The van der Waals surface area contributed by atoms with Crippen LogP contribution in [0, 0.1) is 0 Å². The van der Waals surface area contributed by atoms with Gasteiger partial charge in [-0.2, -0.15) is 5.10 Å². The number of amides is 2. The summed E-state index contributed by atoms with van der Waals surface area (Å²) in [5, 5.41) is 3.98. The van der Waals surface area contributed by atoms with Crippen LogP contribution in [0.3, 0.4) is 0 Å². The van der Waals surface area contributed by atoms with E-state index in [9.17, 15) is 14.0 Å². The maximum Gasteiger partial charge on any atom is 0.260 e. The minimum absolute atomic E-state index is 0.0777. The molecule has 0 radical (unpaired) electrons. The number of carbonyl (C=O) groups is 2. The highest BCUT2D eigenvalue weighted by molar-refractivity contribution is 5.94. The lowest BCUT2D eigenvalue weighted by molar-refractivity contribution is -0.145. The van der Waals surface area contributed by atoms with E-state index in [1.807, 2.05) is 0 Å². The van der Waals surface area contributed by atoms with Crippen LogP contribution in [-0.4, -0.2) is 63.2 Å². The molecule has 3 heterocycles. The predicted octanol–water partition coefficient (Wildman–Crippen LogP) is 0.987. The molecule has 0 aromatic carbocycles. The Kier molecular flexibility index (Phi) is 3.88. The number of rotatable bonds is 2. The molecule has 0 atom stereocenters. The quantitative estimate of drug-likeness (QED) is 0.818. The van der Waals surface area contributed by atoms with Crippen molar-refractivity contribution in [2.24, 2.45) is 7.05 Å². The maximum absolute atomic E-state index is 14.9. The van der Waals surface area contributed by atoms with E-state index in [-0.39, 0.29) is 31.8 Å². The fourth-order valence-corrected chi connectivity index (χ4v) is 3.20. The Morgan fingerprint density at radius 1 is 1.14 bits per heavy atom. The van der Waals surface area contributed by atoms with Gasteiger partial charge >= 0.3 is 0 Å². The summed E-state index contributed by atoms with van der Waals surface area (Å²) in [7, 11) is 1.74. The lowest BCUT2D eigenvalue weighted by Gasteiger charge is -2.37. The van der Waals surface area contributed by atoms with E-state index < -0.39 is 11.6 Å². The normalized spacial score (nSPS) is 21.2. The molecular weight excluding hydrogens is 287 g/mol. The van der Waals surface area contributed by atoms with Crippen molar-refractivity contribution >= 4 is 11.8 Å². The Morgan fingerprint density at radius 3 is 2.32 bits per heavy atom. The second-order valence-corrected chi connectivity index (χ2v) is 6.16. The number of carbonyl (C=O) groups excluding carboxylic acids is 2. The number of likely N-dealkylation sites (tertiary alicyclic amines) is 2. The summed E-state index contributed by atoms with van der Waals surface area (Å²) in [6, 6.07) is 0. The molecular formula is C15H21FN4O2. The van der Waals surface area contributed by atoms with E-state index in [1.54, 1.807) is 27.7 Å². The minimum atomic E-state index is -1.81. The largest absolute Gasteiger partial charge is 0.340 e. The third kappa shape index (κ3) is 2.71. The zero-order valence-electron chi connectivity index (χ0n) is 12.8. The SMILES string of the molecule is Cn1cc(C(=O)N2CCC(F)(C(=O)N3CCCC3)CC2)cn1. The van der Waals surface area contributed by atoms with Crippen LogP contribution in [0.1, 0.15) is 36.0 Å². The van der Waals surface area contributed by atoms with Crippen LogP contribution in [0.15, 0.2) is 12.4 Å². The molecule has 2 saturated heterocycles. The van der Waals surface area contributed by atoms with Crippen LogP contribution in [0.4, 0.5) is 4.39 Å². The average molecular weight is 308 g/mol. The molecule has 2 fully saturated rings. The first kappa shape index (κ1) is 15.0. The number of aromatic nitrogens is 2. The van der Waals surface area contributed by atoms with Gasteiger partial charge in [-0.25, -0.2) is 4.39 Å². The smallest absolute Gasteiger partial charge is 0.260 e. The highest BCUT2D eigenvalue weighted by Crippen LogP contribution is 2.30. The van der Waals surface area contributed by atoms with Gasteiger partial charge in [0, 0.05) is 52.3 Å². The van der Waals surface area contributed by atoms with Gasteiger partial charge in [-0.3, -0.25) is 14.3 Å². The Hall–Kier alpha value is -1.92. The highest BCUT2D eigenvalue weighted by Gasteiger charge is 2.45. The lowest BCUT2D eigenvalue weighted by atomic mass is 9.91. The number of hydrogen-bond acceptors (Lipinski definition) is 3. The predicted molar refractivity (Wildman–Crippen MR) is 78.0 cm³/mol. The zero-order valence-corrected chi connectivity index (χ0v) is 12.8. The van der Waals surface area contributed by atoms with Crippen molar-refractivity contribution < 1.29 is 14.0 Å². The van der Waals surface area contributed by atoms with E-state index in [0.29, 0.717) is 18.7 Å². The van der Waals surface area contributed by atoms with E-state index >= 15 is 0 Å². The van der Waals surface area contributed by atoms with Crippen molar-refractivity contribution in [1.82, 2.24) is 19.6 Å². The molecule has 0 N–H and O–H groups in total. The highest BCUT2D eigenvalue weighted by atomic mass is 19.1. The van der Waals surface area contributed by atoms with Gasteiger partial charge in [-0.05, 0) is 12.8 Å². The number of alkyl halides is 1. The van der Waals surface area contributed by atoms with Crippen molar-refractivity contribution in [3.63, 3.8) is 0 Å². The number of nitrogens with zero attached hydrogens (tertiary/aromatic N) is 4. The third-order valence-electron chi connectivity index (χ3n) is 4.57. The molecule has 7 heteroatoms. The van der Waals surface area contributed by atoms with E-state index in [1.165, 1.54) is 6.20 Å².